The average Bonchev–Trinajstić information content (AvgIpc) is 3.34. The average molecular weight is 387 g/mol. The molecule has 0 radical (unpaired) electrons. The summed E-state index contributed by atoms with van der Waals surface area (Å²) in [4.78, 5) is 29.2. The van der Waals surface area contributed by atoms with Crippen LogP contribution in [-0.4, -0.2) is 59.7 Å². The number of hydrogen-bond acceptors (Lipinski definition) is 6. The third-order valence-corrected chi connectivity index (χ3v) is 7.19. The van der Waals surface area contributed by atoms with E-state index in [-0.39, 0.29) is 12.0 Å². The molecule has 3 aliphatic rings. The first-order chi connectivity index (χ1) is 13.2. The van der Waals surface area contributed by atoms with Crippen molar-refractivity contribution >= 4 is 33.3 Å². The number of ether oxygens (including phenoxy) is 1. The van der Waals surface area contributed by atoms with Gasteiger partial charge >= 0.3 is 0 Å². The Morgan fingerprint density at radius 1 is 1.11 bits per heavy atom. The highest BCUT2D eigenvalue weighted by atomic mass is 32.1. The first-order valence-corrected chi connectivity index (χ1v) is 11.0. The largest absolute Gasteiger partial charge is 0.368 e. The molecule has 2 aliphatic heterocycles. The van der Waals surface area contributed by atoms with Crippen LogP contribution in [0.1, 0.15) is 41.9 Å². The highest BCUT2D eigenvalue weighted by Crippen LogP contribution is 2.39. The summed E-state index contributed by atoms with van der Waals surface area (Å²) in [6.07, 6.45) is 6.52. The van der Waals surface area contributed by atoms with Gasteiger partial charge in [-0.25, -0.2) is 9.97 Å². The zero-order valence-electron chi connectivity index (χ0n) is 15.9. The molecule has 0 spiro atoms. The molecule has 0 N–H and O–H groups in total. The summed E-state index contributed by atoms with van der Waals surface area (Å²) < 4.78 is 5.58. The number of aromatic nitrogens is 2. The van der Waals surface area contributed by atoms with Crippen molar-refractivity contribution in [3.05, 3.63) is 16.3 Å². The molecular formula is C20H26N4O2S. The van der Waals surface area contributed by atoms with Crippen molar-refractivity contribution in [2.24, 2.45) is 0 Å². The van der Waals surface area contributed by atoms with Gasteiger partial charge in [0.25, 0.3) is 5.91 Å². The second-order valence-corrected chi connectivity index (χ2v) is 8.88. The van der Waals surface area contributed by atoms with Gasteiger partial charge in [0.2, 0.25) is 0 Å². The smallest absolute Gasteiger partial charge is 0.251 e. The van der Waals surface area contributed by atoms with Crippen LogP contribution in [0.2, 0.25) is 0 Å². The van der Waals surface area contributed by atoms with E-state index < -0.39 is 0 Å². The van der Waals surface area contributed by atoms with E-state index in [1.165, 1.54) is 35.1 Å². The summed E-state index contributed by atoms with van der Waals surface area (Å²) in [6, 6.07) is 0. The first-order valence-electron chi connectivity index (χ1n) is 10.1. The van der Waals surface area contributed by atoms with Crippen LogP contribution in [-0.2, 0) is 22.4 Å². The Hall–Kier alpha value is -1.73. The van der Waals surface area contributed by atoms with Gasteiger partial charge in [-0.05, 0) is 51.0 Å². The number of anilines is 1. The van der Waals surface area contributed by atoms with E-state index in [4.69, 9.17) is 14.7 Å². The third kappa shape index (κ3) is 3.10. The van der Waals surface area contributed by atoms with Crippen LogP contribution in [0.4, 0.5) is 5.82 Å². The zero-order chi connectivity index (χ0) is 18.4. The van der Waals surface area contributed by atoms with E-state index in [0.717, 1.165) is 68.5 Å². The Bertz CT molecular complexity index is 866. The summed E-state index contributed by atoms with van der Waals surface area (Å²) in [6.45, 7) is 5.85. The van der Waals surface area contributed by atoms with E-state index in [9.17, 15) is 4.79 Å². The molecule has 2 aromatic rings. The van der Waals surface area contributed by atoms with Crippen LogP contribution in [0, 0.1) is 6.92 Å². The van der Waals surface area contributed by atoms with Crippen molar-refractivity contribution in [1.29, 1.82) is 0 Å². The van der Waals surface area contributed by atoms with Gasteiger partial charge in [0, 0.05) is 37.7 Å². The quantitative estimate of drug-likeness (QED) is 0.794. The molecule has 0 aromatic carbocycles. The van der Waals surface area contributed by atoms with Gasteiger partial charge in [-0.3, -0.25) is 4.79 Å². The molecule has 1 aliphatic carbocycles. The van der Waals surface area contributed by atoms with E-state index in [0.29, 0.717) is 0 Å². The summed E-state index contributed by atoms with van der Waals surface area (Å²) in [5, 5.41) is 1.28. The number of thiophene rings is 1. The van der Waals surface area contributed by atoms with E-state index in [1.807, 2.05) is 23.2 Å². The number of rotatable bonds is 2. The van der Waals surface area contributed by atoms with Crippen molar-refractivity contribution in [2.75, 3.05) is 37.7 Å². The fourth-order valence-corrected chi connectivity index (χ4v) is 5.89. The number of amides is 1. The monoisotopic (exact) mass is 386 g/mol. The van der Waals surface area contributed by atoms with Gasteiger partial charge in [0.15, 0.2) is 0 Å². The van der Waals surface area contributed by atoms with Crippen molar-refractivity contribution in [1.82, 2.24) is 14.9 Å². The van der Waals surface area contributed by atoms with E-state index in [1.54, 1.807) is 0 Å². The van der Waals surface area contributed by atoms with Crippen molar-refractivity contribution in [3.8, 4) is 0 Å². The minimum absolute atomic E-state index is 0.170. The highest BCUT2D eigenvalue weighted by Gasteiger charge is 2.31. The molecular weight excluding hydrogens is 360 g/mol. The Labute approximate surface area is 163 Å². The van der Waals surface area contributed by atoms with Crippen molar-refractivity contribution < 1.29 is 9.53 Å². The molecule has 2 aromatic heterocycles. The van der Waals surface area contributed by atoms with Crippen molar-refractivity contribution in [3.63, 3.8) is 0 Å². The predicted octanol–water partition coefficient (Wildman–Crippen LogP) is 2.71. The summed E-state index contributed by atoms with van der Waals surface area (Å²) in [5.41, 5.74) is 1.48. The molecule has 6 nitrogen and oxygen atoms in total. The highest BCUT2D eigenvalue weighted by molar-refractivity contribution is 7.19. The number of carbonyl (C=O) groups is 1. The Morgan fingerprint density at radius 3 is 2.70 bits per heavy atom. The van der Waals surface area contributed by atoms with Crippen LogP contribution in [0.5, 0.6) is 0 Å². The molecule has 2 saturated heterocycles. The lowest BCUT2D eigenvalue weighted by Crippen LogP contribution is -2.51. The van der Waals surface area contributed by atoms with E-state index >= 15 is 0 Å². The molecule has 0 bridgehead atoms. The maximum atomic E-state index is 12.6. The van der Waals surface area contributed by atoms with Gasteiger partial charge in [-0.2, -0.15) is 0 Å². The van der Waals surface area contributed by atoms with Gasteiger partial charge in [-0.15, -0.1) is 11.3 Å². The van der Waals surface area contributed by atoms with Gasteiger partial charge in [-0.1, -0.05) is 0 Å². The minimum Gasteiger partial charge on any atom is -0.368 e. The maximum absolute atomic E-state index is 12.6. The second-order valence-electron chi connectivity index (χ2n) is 7.80. The number of aryl methyl sites for hydroxylation is 3. The molecule has 2 fully saturated rings. The van der Waals surface area contributed by atoms with Crippen LogP contribution in [0.3, 0.4) is 0 Å². The fraction of sp³-hybridized carbons (Fsp3) is 0.650. The van der Waals surface area contributed by atoms with Gasteiger partial charge in [0.05, 0.1) is 5.39 Å². The molecule has 0 saturated carbocycles. The Balaban J connectivity index is 1.40. The first kappa shape index (κ1) is 17.4. The van der Waals surface area contributed by atoms with Crippen LogP contribution >= 0.6 is 11.3 Å². The molecule has 1 atom stereocenters. The van der Waals surface area contributed by atoms with E-state index in [2.05, 4.69) is 4.90 Å². The molecule has 0 unspecified atom stereocenters. The lowest BCUT2D eigenvalue weighted by atomic mass is 9.97. The van der Waals surface area contributed by atoms with Gasteiger partial charge < -0.3 is 14.5 Å². The minimum atomic E-state index is -0.214. The SMILES string of the molecule is Cc1nc(N2CCN(C(=O)[C@@H]3CCCO3)CC2)c2c3c(sc2n1)CCCC3. The Morgan fingerprint density at radius 2 is 1.93 bits per heavy atom. The summed E-state index contributed by atoms with van der Waals surface area (Å²) in [5.74, 6) is 2.10. The van der Waals surface area contributed by atoms with Crippen LogP contribution < -0.4 is 4.90 Å². The lowest BCUT2D eigenvalue weighted by molar-refractivity contribution is -0.141. The summed E-state index contributed by atoms with van der Waals surface area (Å²) in [7, 11) is 0. The fourth-order valence-electron chi connectivity index (χ4n) is 4.59. The standard InChI is InChI=1S/C20H26N4O2S/c1-13-21-18(17-14-5-2-3-7-16(14)27-19(17)22-13)23-8-10-24(11-9-23)20(25)15-6-4-12-26-15/h15H,2-12H2,1H3/t15-/m0/s1. The normalized spacial score (nSPS) is 23.1. The Kier molecular flexibility index (Phi) is 4.52. The number of fused-ring (bicyclic) bond motifs is 3. The molecule has 4 heterocycles. The number of nitrogens with zero attached hydrogens (tertiary/aromatic N) is 4. The van der Waals surface area contributed by atoms with Crippen molar-refractivity contribution in [2.45, 2.75) is 51.6 Å². The predicted molar refractivity (Wildman–Crippen MR) is 107 cm³/mol. The molecule has 144 valence electrons. The zero-order valence-corrected chi connectivity index (χ0v) is 16.7. The molecule has 27 heavy (non-hydrogen) atoms. The van der Waals surface area contributed by atoms with Gasteiger partial charge in [0.1, 0.15) is 22.6 Å². The number of carbonyl (C=O) groups excluding carboxylic acids is 1. The third-order valence-electron chi connectivity index (χ3n) is 6.00. The van der Waals surface area contributed by atoms with Crippen LogP contribution in [0.25, 0.3) is 10.2 Å². The molecule has 1 amide bonds. The van der Waals surface area contributed by atoms with Crippen LogP contribution in [0.15, 0.2) is 0 Å². The second kappa shape index (κ2) is 7.02. The molecule has 7 heteroatoms. The number of hydrogen-bond donors (Lipinski definition) is 0. The lowest BCUT2D eigenvalue weighted by Gasteiger charge is -2.36. The maximum Gasteiger partial charge on any atom is 0.251 e. The summed E-state index contributed by atoms with van der Waals surface area (Å²) >= 11 is 1.86. The molecule has 5 rings (SSSR count). The topological polar surface area (TPSA) is 58.6 Å². The number of piperazine rings is 1.